The van der Waals surface area contributed by atoms with Gasteiger partial charge in [-0.3, -0.25) is 9.59 Å². The molecule has 0 atom stereocenters. The molecular weight excluding hydrogens is 290 g/mol. The molecule has 0 saturated carbocycles. The number of hydrogen-bond acceptors (Lipinski definition) is 3. The minimum atomic E-state index is -0.181. The maximum absolute atomic E-state index is 12.5. The lowest BCUT2D eigenvalue weighted by Gasteiger charge is -2.22. The van der Waals surface area contributed by atoms with Gasteiger partial charge in [0, 0.05) is 25.8 Å². The van der Waals surface area contributed by atoms with Crippen molar-refractivity contribution in [2.75, 3.05) is 20.3 Å². The van der Waals surface area contributed by atoms with Crippen molar-refractivity contribution in [2.45, 2.75) is 13.0 Å². The molecule has 0 aromatic heterocycles. The monoisotopic (exact) mass is 311 g/mol. The zero-order chi connectivity index (χ0) is 16.5. The van der Waals surface area contributed by atoms with Crippen LogP contribution in [0.4, 0.5) is 0 Å². The number of benzene rings is 2. The molecule has 0 spiro atoms. The van der Waals surface area contributed by atoms with Gasteiger partial charge in [-0.1, -0.05) is 60.7 Å². The van der Waals surface area contributed by atoms with Crippen LogP contribution in [0.15, 0.2) is 60.7 Å². The second kappa shape index (κ2) is 8.86. The molecule has 23 heavy (non-hydrogen) atoms. The Bertz CT molecular complexity index is 626. The summed E-state index contributed by atoms with van der Waals surface area (Å²) in [5, 5.41) is 0. The molecule has 2 aromatic rings. The Kier molecular flexibility index (Phi) is 6.51. The molecule has 0 N–H and O–H groups in total. The molecule has 4 heteroatoms. The van der Waals surface area contributed by atoms with E-state index in [0.717, 1.165) is 5.56 Å². The second-order valence-corrected chi connectivity index (χ2v) is 5.26. The van der Waals surface area contributed by atoms with Gasteiger partial charge in [-0.15, -0.1) is 0 Å². The fourth-order valence-corrected chi connectivity index (χ4v) is 2.27. The van der Waals surface area contributed by atoms with E-state index >= 15 is 0 Å². The summed E-state index contributed by atoms with van der Waals surface area (Å²) in [7, 11) is 1.60. The molecule has 2 rings (SSSR count). The van der Waals surface area contributed by atoms with Crippen LogP contribution in [0.2, 0.25) is 0 Å². The molecule has 120 valence electrons. The highest BCUT2D eigenvalue weighted by molar-refractivity contribution is 6.07. The van der Waals surface area contributed by atoms with Crippen LogP contribution >= 0.6 is 0 Å². The van der Waals surface area contributed by atoms with E-state index in [1.54, 1.807) is 36.3 Å². The van der Waals surface area contributed by atoms with E-state index in [-0.39, 0.29) is 18.1 Å². The minimum Gasteiger partial charge on any atom is -0.383 e. The number of Topliss-reactive ketones (excluding diaryl/α,β-unsaturated/α-hetero) is 1. The first-order chi connectivity index (χ1) is 11.2. The fourth-order valence-electron chi connectivity index (χ4n) is 2.27. The van der Waals surface area contributed by atoms with E-state index in [1.165, 1.54) is 0 Å². The predicted octanol–water partition coefficient (Wildman–Crippen LogP) is 2.93. The lowest BCUT2D eigenvalue weighted by Crippen LogP contribution is -2.34. The average Bonchev–Trinajstić information content (AvgIpc) is 2.60. The lowest BCUT2D eigenvalue weighted by molar-refractivity contribution is -0.131. The number of hydrogen-bond donors (Lipinski definition) is 0. The summed E-state index contributed by atoms with van der Waals surface area (Å²) in [6.45, 7) is 1.38. The van der Waals surface area contributed by atoms with Gasteiger partial charge in [-0.25, -0.2) is 0 Å². The topological polar surface area (TPSA) is 46.6 Å². The lowest BCUT2D eigenvalue weighted by atomic mass is 10.1. The van der Waals surface area contributed by atoms with Crippen LogP contribution < -0.4 is 0 Å². The van der Waals surface area contributed by atoms with E-state index in [9.17, 15) is 9.59 Å². The van der Waals surface area contributed by atoms with Gasteiger partial charge >= 0.3 is 0 Å². The zero-order valence-corrected chi connectivity index (χ0v) is 13.3. The van der Waals surface area contributed by atoms with Crippen molar-refractivity contribution in [3.63, 3.8) is 0 Å². The molecule has 0 radical (unpaired) electrons. The first-order valence-corrected chi connectivity index (χ1v) is 7.59. The Morgan fingerprint density at radius 1 is 0.957 bits per heavy atom. The average molecular weight is 311 g/mol. The summed E-state index contributed by atoms with van der Waals surface area (Å²) < 4.78 is 5.07. The largest absolute Gasteiger partial charge is 0.383 e. The molecule has 0 aliphatic carbocycles. The summed E-state index contributed by atoms with van der Waals surface area (Å²) in [6.07, 6.45) is -0.124. The summed E-state index contributed by atoms with van der Waals surface area (Å²) in [5.41, 5.74) is 1.59. The van der Waals surface area contributed by atoms with Gasteiger partial charge in [-0.2, -0.15) is 0 Å². The highest BCUT2D eigenvalue weighted by atomic mass is 16.5. The smallest absolute Gasteiger partial charge is 0.230 e. The van der Waals surface area contributed by atoms with Crippen molar-refractivity contribution < 1.29 is 14.3 Å². The standard InChI is InChI=1S/C19H21NO3/c1-23-13-12-20(15-16-8-4-2-5-9-16)19(22)14-18(21)17-10-6-3-7-11-17/h2-11H,12-15H2,1H3. The van der Waals surface area contributed by atoms with E-state index in [1.807, 2.05) is 36.4 Å². The third kappa shape index (κ3) is 5.34. The third-order valence-electron chi connectivity index (χ3n) is 3.54. The number of ether oxygens (including phenoxy) is 1. The third-order valence-corrected chi connectivity index (χ3v) is 3.54. The van der Waals surface area contributed by atoms with Gasteiger partial charge < -0.3 is 9.64 Å². The van der Waals surface area contributed by atoms with Gasteiger partial charge in [0.15, 0.2) is 5.78 Å². The Morgan fingerprint density at radius 3 is 2.17 bits per heavy atom. The maximum Gasteiger partial charge on any atom is 0.230 e. The van der Waals surface area contributed by atoms with E-state index in [4.69, 9.17) is 4.74 Å². The predicted molar refractivity (Wildman–Crippen MR) is 89.1 cm³/mol. The second-order valence-electron chi connectivity index (χ2n) is 5.26. The molecule has 0 bridgehead atoms. The Labute approximate surface area is 136 Å². The van der Waals surface area contributed by atoms with Crippen molar-refractivity contribution in [1.82, 2.24) is 4.90 Å². The number of carbonyl (C=O) groups excluding carboxylic acids is 2. The molecule has 0 saturated heterocycles. The molecule has 0 aliphatic rings. The summed E-state index contributed by atoms with van der Waals surface area (Å²) in [4.78, 5) is 26.4. The zero-order valence-electron chi connectivity index (χ0n) is 13.3. The molecule has 0 unspecified atom stereocenters. The number of methoxy groups -OCH3 is 1. The summed E-state index contributed by atoms with van der Waals surface area (Å²) in [5.74, 6) is -0.342. The van der Waals surface area contributed by atoms with Gasteiger partial charge in [-0.05, 0) is 5.56 Å². The Balaban J connectivity index is 2.02. The number of rotatable bonds is 8. The summed E-state index contributed by atoms with van der Waals surface area (Å²) >= 11 is 0. The maximum atomic E-state index is 12.5. The van der Waals surface area contributed by atoms with E-state index in [2.05, 4.69) is 0 Å². The normalized spacial score (nSPS) is 10.3. The molecule has 1 amide bonds. The number of nitrogens with zero attached hydrogens (tertiary/aromatic N) is 1. The SMILES string of the molecule is COCCN(Cc1ccccc1)C(=O)CC(=O)c1ccccc1. The van der Waals surface area contributed by atoms with Crippen LogP contribution in [0.1, 0.15) is 22.3 Å². The van der Waals surface area contributed by atoms with Gasteiger partial charge in [0.2, 0.25) is 5.91 Å². The molecule has 4 nitrogen and oxygen atoms in total. The van der Waals surface area contributed by atoms with Crippen molar-refractivity contribution in [3.8, 4) is 0 Å². The highest BCUT2D eigenvalue weighted by Crippen LogP contribution is 2.09. The van der Waals surface area contributed by atoms with Crippen LogP contribution in [0.3, 0.4) is 0 Å². The molecule has 2 aromatic carbocycles. The first-order valence-electron chi connectivity index (χ1n) is 7.59. The number of ketones is 1. The van der Waals surface area contributed by atoms with Gasteiger partial charge in [0.05, 0.1) is 13.0 Å². The van der Waals surface area contributed by atoms with E-state index in [0.29, 0.717) is 25.3 Å². The number of amides is 1. The quantitative estimate of drug-likeness (QED) is 0.556. The number of carbonyl (C=O) groups is 2. The highest BCUT2D eigenvalue weighted by Gasteiger charge is 2.18. The van der Waals surface area contributed by atoms with Crippen molar-refractivity contribution in [2.24, 2.45) is 0 Å². The van der Waals surface area contributed by atoms with Crippen LogP contribution in [0.5, 0.6) is 0 Å². The first kappa shape index (κ1) is 16.9. The van der Waals surface area contributed by atoms with Crippen molar-refractivity contribution in [3.05, 3.63) is 71.8 Å². The molecular formula is C19H21NO3. The van der Waals surface area contributed by atoms with Gasteiger partial charge in [0.25, 0.3) is 0 Å². The van der Waals surface area contributed by atoms with Crippen LogP contribution in [0.25, 0.3) is 0 Å². The molecule has 0 aliphatic heterocycles. The van der Waals surface area contributed by atoms with Crippen LogP contribution in [0, 0.1) is 0 Å². The minimum absolute atomic E-state index is 0.124. The Morgan fingerprint density at radius 2 is 1.57 bits per heavy atom. The van der Waals surface area contributed by atoms with Crippen LogP contribution in [-0.2, 0) is 16.1 Å². The van der Waals surface area contributed by atoms with Crippen LogP contribution in [-0.4, -0.2) is 36.9 Å². The fraction of sp³-hybridized carbons (Fsp3) is 0.263. The van der Waals surface area contributed by atoms with Crippen molar-refractivity contribution >= 4 is 11.7 Å². The summed E-state index contributed by atoms with van der Waals surface area (Å²) in [6, 6.07) is 18.6. The van der Waals surface area contributed by atoms with Gasteiger partial charge in [0.1, 0.15) is 0 Å². The Hall–Kier alpha value is -2.46. The molecule has 0 heterocycles. The van der Waals surface area contributed by atoms with E-state index < -0.39 is 0 Å². The van der Waals surface area contributed by atoms with Crippen molar-refractivity contribution in [1.29, 1.82) is 0 Å². The molecule has 0 fully saturated rings.